The van der Waals surface area contributed by atoms with E-state index in [-0.39, 0.29) is 18.4 Å². The van der Waals surface area contributed by atoms with Crippen molar-refractivity contribution in [3.63, 3.8) is 0 Å². The number of aromatic nitrogens is 1. The molecule has 0 fully saturated rings. The van der Waals surface area contributed by atoms with Crippen LogP contribution in [0.15, 0.2) is 29.1 Å². The maximum Gasteiger partial charge on any atom is 0.303 e. The second-order valence-electron chi connectivity index (χ2n) is 3.97. The van der Waals surface area contributed by atoms with Crippen LogP contribution in [0.4, 0.5) is 0 Å². The van der Waals surface area contributed by atoms with E-state index in [1.807, 2.05) is 0 Å². The summed E-state index contributed by atoms with van der Waals surface area (Å²) in [6, 6.07) is 7.03. The van der Waals surface area contributed by atoms with Crippen molar-refractivity contribution in [2.24, 2.45) is 0 Å². The number of hydrogen-bond acceptors (Lipinski definition) is 3. The number of methoxy groups -OCH3 is 1. The molecule has 0 radical (unpaired) electrons. The summed E-state index contributed by atoms with van der Waals surface area (Å²) in [4.78, 5) is 25.0. The number of pyridine rings is 1. The van der Waals surface area contributed by atoms with Crippen molar-refractivity contribution in [2.75, 3.05) is 7.11 Å². The fraction of sp³-hybridized carbons (Fsp3) is 0.231. The lowest BCUT2D eigenvalue weighted by molar-refractivity contribution is -0.136. The summed E-state index contributed by atoms with van der Waals surface area (Å²) in [5.41, 5.74) is 0.937. The Kier molecular flexibility index (Phi) is 3.32. The van der Waals surface area contributed by atoms with Crippen LogP contribution in [0, 0.1) is 0 Å². The summed E-state index contributed by atoms with van der Waals surface area (Å²) in [7, 11) is 1.57. The maximum absolute atomic E-state index is 11.7. The standard InChI is InChI=1S/C13H13NO4/c1-18-10-3-4-11-9(7-10)6-8(13(17)14-11)2-5-12(15)16/h3-4,6-7H,2,5H2,1H3,(H,14,17)(H,15,16). The number of ether oxygens (including phenoxy) is 1. The van der Waals surface area contributed by atoms with Gasteiger partial charge in [-0.05, 0) is 30.7 Å². The first-order valence-corrected chi connectivity index (χ1v) is 5.52. The Morgan fingerprint density at radius 1 is 1.39 bits per heavy atom. The molecular formula is C13H13NO4. The number of carboxylic acid groups (broad SMARTS) is 1. The van der Waals surface area contributed by atoms with Crippen LogP contribution in [0.5, 0.6) is 5.75 Å². The lowest BCUT2D eigenvalue weighted by Crippen LogP contribution is -2.13. The molecule has 2 aromatic rings. The molecule has 0 atom stereocenters. The third-order valence-electron chi connectivity index (χ3n) is 2.74. The molecule has 0 bridgehead atoms. The highest BCUT2D eigenvalue weighted by Crippen LogP contribution is 2.19. The highest BCUT2D eigenvalue weighted by Gasteiger charge is 2.06. The normalized spacial score (nSPS) is 10.5. The molecule has 0 unspecified atom stereocenters. The first kappa shape index (κ1) is 12.2. The van der Waals surface area contributed by atoms with Crippen molar-refractivity contribution in [2.45, 2.75) is 12.8 Å². The van der Waals surface area contributed by atoms with Crippen LogP contribution in [0.1, 0.15) is 12.0 Å². The summed E-state index contributed by atoms with van der Waals surface area (Å²) < 4.78 is 5.10. The molecule has 5 heteroatoms. The molecular weight excluding hydrogens is 234 g/mol. The van der Waals surface area contributed by atoms with E-state index in [9.17, 15) is 9.59 Å². The SMILES string of the molecule is COc1ccc2[nH]c(=O)c(CCC(=O)O)cc2c1. The number of nitrogens with one attached hydrogen (secondary N) is 1. The molecule has 5 nitrogen and oxygen atoms in total. The summed E-state index contributed by atoms with van der Waals surface area (Å²) in [6.07, 6.45) is 0.163. The van der Waals surface area contributed by atoms with Crippen molar-refractivity contribution in [3.8, 4) is 5.75 Å². The van der Waals surface area contributed by atoms with Gasteiger partial charge in [0.25, 0.3) is 5.56 Å². The van der Waals surface area contributed by atoms with Gasteiger partial charge in [0.2, 0.25) is 0 Å². The average Bonchev–Trinajstić information content (AvgIpc) is 2.35. The molecule has 0 spiro atoms. The molecule has 1 aromatic heterocycles. The minimum atomic E-state index is -0.917. The van der Waals surface area contributed by atoms with Crippen molar-refractivity contribution in [1.82, 2.24) is 4.98 Å². The number of carboxylic acids is 1. The van der Waals surface area contributed by atoms with Crippen LogP contribution in [0.3, 0.4) is 0 Å². The van der Waals surface area contributed by atoms with Crippen molar-refractivity contribution in [3.05, 3.63) is 40.2 Å². The molecule has 0 aliphatic heterocycles. The minimum Gasteiger partial charge on any atom is -0.497 e. The average molecular weight is 247 g/mol. The van der Waals surface area contributed by atoms with Crippen LogP contribution in [-0.2, 0) is 11.2 Å². The van der Waals surface area contributed by atoms with E-state index in [0.29, 0.717) is 16.8 Å². The maximum atomic E-state index is 11.7. The third-order valence-corrected chi connectivity index (χ3v) is 2.74. The summed E-state index contributed by atoms with van der Waals surface area (Å²) in [5, 5.41) is 9.46. The second-order valence-corrected chi connectivity index (χ2v) is 3.97. The highest BCUT2D eigenvalue weighted by atomic mass is 16.5. The van der Waals surface area contributed by atoms with Crippen LogP contribution in [0.2, 0.25) is 0 Å². The van der Waals surface area contributed by atoms with Crippen molar-refractivity contribution in [1.29, 1.82) is 0 Å². The number of aromatic amines is 1. The molecule has 2 rings (SSSR count). The molecule has 94 valence electrons. The Hall–Kier alpha value is -2.30. The zero-order valence-corrected chi connectivity index (χ0v) is 9.90. The first-order chi connectivity index (χ1) is 8.60. The van der Waals surface area contributed by atoms with Gasteiger partial charge in [0.05, 0.1) is 7.11 Å². The fourth-order valence-electron chi connectivity index (χ4n) is 1.78. The van der Waals surface area contributed by atoms with E-state index >= 15 is 0 Å². The number of H-pyrrole nitrogens is 1. The van der Waals surface area contributed by atoms with Gasteiger partial charge < -0.3 is 14.8 Å². The Morgan fingerprint density at radius 3 is 2.83 bits per heavy atom. The molecule has 0 amide bonds. The zero-order valence-electron chi connectivity index (χ0n) is 9.90. The predicted octanol–water partition coefficient (Wildman–Crippen LogP) is 1.55. The number of aryl methyl sites for hydroxylation is 1. The smallest absolute Gasteiger partial charge is 0.303 e. The number of rotatable bonds is 4. The van der Waals surface area contributed by atoms with Gasteiger partial charge in [-0.1, -0.05) is 0 Å². The molecule has 0 saturated heterocycles. The minimum absolute atomic E-state index is 0.0570. The van der Waals surface area contributed by atoms with Gasteiger partial charge in [-0.15, -0.1) is 0 Å². The van der Waals surface area contributed by atoms with E-state index in [1.54, 1.807) is 31.4 Å². The highest BCUT2D eigenvalue weighted by molar-refractivity contribution is 5.80. The van der Waals surface area contributed by atoms with Gasteiger partial charge in [0, 0.05) is 22.9 Å². The van der Waals surface area contributed by atoms with E-state index in [2.05, 4.69) is 4.98 Å². The van der Waals surface area contributed by atoms with Gasteiger partial charge in [0.1, 0.15) is 5.75 Å². The molecule has 0 saturated carbocycles. The number of hydrogen-bond donors (Lipinski definition) is 2. The van der Waals surface area contributed by atoms with E-state index in [1.165, 1.54) is 0 Å². The quantitative estimate of drug-likeness (QED) is 0.859. The fourth-order valence-corrected chi connectivity index (χ4v) is 1.78. The third kappa shape index (κ3) is 2.51. The van der Waals surface area contributed by atoms with Crippen LogP contribution in [-0.4, -0.2) is 23.2 Å². The molecule has 0 aliphatic carbocycles. The largest absolute Gasteiger partial charge is 0.497 e. The van der Waals surface area contributed by atoms with Crippen LogP contribution < -0.4 is 10.3 Å². The van der Waals surface area contributed by atoms with E-state index < -0.39 is 5.97 Å². The van der Waals surface area contributed by atoms with Crippen molar-refractivity contribution < 1.29 is 14.6 Å². The molecule has 1 aromatic carbocycles. The Labute approximate surface area is 103 Å². The Bertz CT molecular complexity index is 645. The molecule has 0 aliphatic rings. The lowest BCUT2D eigenvalue weighted by Gasteiger charge is -2.04. The number of benzene rings is 1. The van der Waals surface area contributed by atoms with Crippen LogP contribution in [0.25, 0.3) is 10.9 Å². The zero-order chi connectivity index (χ0) is 13.1. The van der Waals surface area contributed by atoms with E-state index in [0.717, 1.165) is 5.39 Å². The summed E-state index contributed by atoms with van der Waals surface area (Å²) in [5.74, 6) is -0.223. The van der Waals surface area contributed by atoms with Gasteiger partial charge in [-0.3, -0.25) is 9.59 Å². The monoisotopic (exact) mass is 247 g/mol. The van der Waals surface area contributed by atoms with Gasteiger partial charge in [0.15, 0.2) is 0 Å². The topological polar surface area (TPSA) is 79.4 Å². The summed E-state index contributed by atoms with van der Waals surface area (Å²) >= 11 is 0. The van der Waals surface area contributed by atoms with Crippen molar-refractivity contribution >= 4 is 16.9 Å². The number of carbonyl (C=O) groups is 1. The molecule has 18 heavy (non-hydrogen) atoms. The van der Waals surface area contributed by atoms with Gasteiger partial charge >= 0.3 is 5.97 Å². The molecule has 1 heterocycles. The van der Waals surface area contributed by atoms with Gasteiger partial charge in [-0.2, -0.15) is 0 Å². The number of aliphatic carboxylic acids is 1. The first-order valence-electron chi connectivity index (χ1n) is 5.52. The summed E-state index contributed by atoms with van der Waals surface area (Å²) in [6.45, 7) is 0. The second kappa shape index (κ2) is 4.91. The van der Waals surface area contributed by atoms with Gasteiger partial charge in [-0.25, -0.2) is 0 Å². The number of fused-ring (bicyclic) bond motifs is 1. The van der Waals surface area contributed by atoms with Crippen LogP contribution >= 0.6 is 0 Å². The predicted molar refractivity (Wildman–Crippen MR) is 67.1 cm³/mol. The van der Waals surface area contributed by atoms with E-state index in [4.69, 9.17) is 9.84 Å². The Balaban J connectivity index is 2.44. The lowest BCUT2D eigenvalue weighted by atomic mass is 10.1. The molecule has 2 N–H and O–H groups in total. The Morgan fingerprint density at radius 2 is 2.17 bits per heavy atom.